The van der Waals surface area contributed by atoms with Crippen LogP contribution in [-0.4, -0.2) is 14.7 Å². The predicted molar refractivity (Wildman–Crippen MR) is 99.5 cm³/mol. The quantitative estimate of drug-likeness (QED) is 0.718. The maximum atomic E-state index is 10.6. The Morgan fingerprint density at radius 1 is 1.23 bits per heavy atom. The monoisotopic (exact) mass is 342 g/mol. The summed E-state index contributed by atoms with van der Waals surface area (Å²) >= 11 is 0. The molecule has 0 aliphatic carbocycles. The van der Waals surface area contributed by atoms with Gasteiger partial charge in [-0.3, -0.25) is 4.98 Å². The summed E-state index contributed by atoms with van der Waals surface area (Å²) in [5.41, 5.74) is 5.37. The topological polar surface area (TPSA) is 66.2 Å². The predicted octanol–water partition coefficient (Wildman–Crippen LogP) is 4.32. The average Bonchev–Trinajstić information content (AvgIpc) is 2.92. The highest BCUT2D eigenvalue weighted by Crippen LogP contribution is 2.34. The second-order valence-electron chi connectivity index (χ2n) is 6.10. The molecule has 3 aromatic rings. The highest BCUT2D eigenvalue weighted by molar-refractivity contribution is 5.76. The largest absolute Gasteiger partial charge is 0.386 e. The first-order chi connectivity index (χ1) is 12.6. The van der Waals surface area contributed by atoms with E-state index >= 15 is 0 Å². The van der Waals surface area contributed by atoms with Gasteiger partial charge in [0, 0.05) is 34.9 Å². The van der Waals surface area contributed by atoms with Crippen LogP contribution < -0.4 is 0 Å². The molecule has 2 aromatic heterocycles. The lowest BCUT2D eigenvalue weighted by atomic mass is 10.0. The normalized spacial score (nSPS) is 11.6. The average molecular weight is 342 g/mol. The second-order valence-corrected chi connectivity index (χ2v) is 6.10. The number of benzene rings is 1. The van der Waals surface area contributed by atoms with E-state index in [1.54, 1.807) is 30.6 Å². The summed E-state index contributed by atoms with van der Waals surface area (Å²) in [5.74, 6) is 0. The summed E-state index contributed by atoms with van der Waals surface area (Å²) in [7, 11) is 0. The summed E-state index contributed by atoms with van der Waals surface area (Å²) in [6.07, 6.45) is 2.60. The number of pyridine rings is 1. The second kappa shape index (κ2) is 7.23. The van der Waals surface area contributed by atoms with Crippen molar-refractivity contribution in [3.63, 3.8) is 0 Å². The van der Waals surface area contributed by atoms with Gasteiger partial charge in [-0.15, -0.1) is 0 Å². The Labute approximate surface area is 152 Å². The van der Waals surface area contributed by atoms with E-state index in [9.17, 15) is 10.4 Å². The van der Waals surface area contributed by atoms with E-state index in [-0.39, 0.29) is 0 Å². The Bertz CT molecular complexity index is 1010. The first kappa shape index (κ1) is 17.4. The minimum Gasteiger partial charge on any atom is -0.386 e. The van der Waals surface area contributed by atoms with Gasteiger partial charge in [0.2, 0.25) is 0 Å². The summed E-state index contributed by atoms with van der Waals surface area (Å²) in [4.78, 5) is 7.46. The Hall–Kier alpha value is -3.41. The van der Waals surface area contributed by atoms with Crippen molar-refractivity contribution in [2.24, 2.45) is 0 Å². The van der Waals surface area contributed by atoms with Gasteiger partial charge < -0.3 is 9.67 Å². The Kier molecular flexibility index (Phi) is 4.84. The van der Waals surface area contributed by atoms with Crippen molar-refractivity contribution >= 4 is 5.69 Å². The van der Waals surface area contributed by atoms with Gasteiger partial charge in [0.25, 0.3) is 0 Å². The zero-order chi connectivity index (χ0) is 18.7. The van der Waals surface area contributed by atoms with Gasteiger partial charge in [-0.05, 0) is 25.5 Å². The van der Waals surface area contributed by atoms with E-state index in [1.807, 2.05) is 36.6 Å². The molecule has 1 aromatic carbocycles. The molecule has 2 heterocycles. The highest BCUT2D eigenvalue weighted by Gasteiger charge is 2.21. The lowest BCUT2D eigenvalue weighted by Gasteiger charge is -2.15. The van der Waals surface area contributed by atoms with Gasteiger partial charge in [0.1, 0.15) is 6.07 Å². The van der Waals surface area contributed by atoms with Gasteiger partial charge in [-0.25, -0.2) is 4.85 Å². The van der Waals surface area contributed by atoms with Gasteiger partial charge in [0.15, 0.2) is 5.69 Å². The van der Waals surface area contributed by atoms with Gasteiger partial charge in [-0.1, -0.05) is 30.3 Å². The molecule has 0 saturated heterocycles. The van der Waals surface area contributed by atoms with Crippen LogP contribution in [0.2, 0.25) is 0 Å². The number of rotatable bonds is 4. The zero-order valence-corrected chi connectivity index (χ0v) is 14.6. The van der Waals surface area contributed by atoms with Crippen LogP contribution in [0.15, 0.2) is 48.8 Å². The number of nitrogens with zero attached hydrogens (tertiary/aromatic N) is 4. The van der Waals surface area contributed by atoms with E-state index < -0.39 is 6.10 Å². The van der Waals surface area contributed by atoms with Crippen LogP contribution >= 0.6 is 0 Å². The van der Waals surface area contributed by atoms with E-state index in [4.69, 9.17) is 6.57 Å². The molecular weight excluding hydrogens is 324 g/mol. The minimum absolute atomic E-state index is 0.345. The number of aliphatic hydroxyl groups is 1. The number of hydrogen-bond acceptors (Lipinski definition) is 3. The molecule has 0 radical (unpaired) electrons. The van der Waals surface area contributed by atoms with Crippen molar-refractivity contribution in [1.29, 1.82) is 5.26 Å². The van der Waals surface area contributed by atoms with Crippen LogP contribution in [0.1, 0.15) is 28.6 Å². The van der Waals surface area contributed by atoms with E-state index in [1.165, 1.54) is 0 Å². The van der Waals surface area contributed by atoms with Crippen LogP contribution in [0.3, 0.4) is 0 Å². The lowest BCUT2D eigenvalue weighted by molar-refractivity contribution is 0.154. The highest BCUT2D eigenvalue weighted by atomic mass is 16.3. The van der Waals surface area contributed by atoms with Gasteiger partial charge in [0.05, 0.1) is 24.8 Å². The van der Waals surface area contributed by atoms with Crippen LogP contribution in [0.4, 0.5) is 5.69 Å². The van der Waals surface area contributed by atoms with Crippen LogP contribution in [-0.2, 0) is 6.54 Å². The smallest absolute Gasteiger partial charge is 0.187 e. The van der Waals surface area contributed by atoms with Crippen molar-refractivity contribution in [2.75, 3.05) is 0 Å². The molecule has 128 valence electrons. The molecular formula is C21H18N4O. The summed E-state index contributed by atoms with van der Waals surface area (Å²) < 4.78 is 1.97. The van der Waals surface area contributed by atoms with Gasteiger partial charge >= 0.3 is 0 Å². The molecule has 0 saturated carbocycles. The first-order valence-corrected chi connectivity index (χ1v) is 8.22. The Morgan fingerprint density at radius 2 is 1.96 bits per heavy atom. The molecule has 0 aliphatic heterocycles. The van der Waals surface area contributed by atoms with Crippen LogP contribution in [0, 0.1) is 31.8 Å². The standard InChI is InChI=1S/C21H18N4O/c1-14-19(11-22)21(16-6-8-18(23-3)9-7-16)15(2)25(14)13-20(26)17-5-4-10-24-12-17/h4-10,12,20,26H,13H2,1-2H3. The number of aromatic nitrogens is 2. The summed E-state index contributed by atoms with van der Waals surface area (Å²) in [6.45, 7) is 11.3. The fourth-order valence-corrected chi connectivity index (χ4v) is 3.20. The molecule has 1 atom stereocenters. The van der Waals surface area contributed by atoms with Crippen molar-refractivity contribution in [3.8, 4) is 17.2 Å². The van der Waals surface area contributed by atoms with E-state index in [0.29, 0.717) is 17.8 Å². The SMILES string of the molecule is [C-]#[N+]c1ccc(-c2c(C#N)c(C)n(CC(O)c3cccnc3)c2C)cc1. The fourth-order valence-electron chi connectivity index (χ4n) is 3.20. The molecule has 1 unspecified atom stereocenters. The molecule has 26 heavy (non-hydrogen) atoms. The number of nitriles is 1. The molecule has 5 nitrogen and oxygen atoms in total. The van der Waals surface area contributed by atoms with Crippen LogP contribution in [0.5, 0.6) is 0 Å². The van der Waals surface area contributed by atoms with Crippen molar-refractivity contribution in [3.05, 3.63) is 82.7 Å². The Balaban J connectivity index is 2.04. The molecule has 0 amide bonds. The molecule has 1 N–H and O–H groups in total. The summed E-state index contributed by atoms with van der Waals surface area (Å²) in [5, 5.41) is 20.2. The number of hydrogen-bond donors (Lipinski definition) is 1. The third-order valence-electron chi connectivity index (χ3n) is 4.60. The molecule has 0 spiro atoms. The van der Waals surface area contributed by atoms with Gasteiger partial charge in [-0.2, -0.15) is 5.26 Å². The first-order valence-electron chi connectivity index (χ1n) is 8.22. The minimum atomic E-state index is -0.711. The van der Waals surface area contributed by atoms with Crippen LogP contribution in [0.25, 0.3) is 16.0 Å². The van der Waals surface area contributed by atoms with Crippen molar-refractivity contribution < 1.29 is 5.11 Å². The molecule has 3 rings (SSSR count). The maximum absolute atomic E-state index is 10.6. The molecule has 0 fully saturated rings. The van der Waals surface area contributed by atoms with Crippen molar-refractivity contribution in [2.45, 2.75) is 26.5 Å². The zero-order valence-electron chi connectivity index (χ0n) is 14.6. The molecule has 0 aliphatic rings. The fraction of sp³-hybridized carbons (Fsp3) is 0.190. The van der Waals surface area contributed by atoms with E-state index in [2.05, 4.69) is 15.9 Å². The third-order valence-corrected chi connectivity index (χ3v) is 4.60. The lowest BCUT2D eigenvalue weighted by Crippen LogP contribution is -2.11. The molecule has 5 heteroatoms. The van der Waals surface area contributed by atoms with E-state index in [0.717, 1.165) is 28.1 Å². The summed E-state index contributed by atoms with van der Waals surface area (Å²) in [6, 6.07) is 13.1. The third kappa shape index (κ3) is 3.09. The van der Waals surface area contributed by atoms with Crippen molar-refractivity contribution in [1.82, 2.24) is 9.55 Å². The molecule has 0 bridgehead atoms. The Morgan fingerprint density at radius 3 is 2.54 bits per heavy atom. The maximum Gasteiger partial charge on any atom is 0.187 e. The number of aliphatic hydroxyl groups excluding tert-OH is 1.